The molecule has 28 heavy (non-hydrogen) atoms. The van der Waals surface area contributed by atoms with E-state index >= 15 is 0 Å². The van der Waals surface area contributed by atoms with Gasteiger partial charge in [0.05, 0.1) is 5.92 Å². The molecule has 0 saturated heterocycles. The highest BCUT2D eigenvalue weighted by Crippen LogP contribution is 2.37. The first-order valence-corrected chi connectivity index (χ1v) is 10.2. The van der Waals surface area contributed by atoms with Crippen LogP contribution in [0.15, 0.2) is 48.5 Å². The van der Waals surface area contributed by atoms with Gasteiger partial charge in [-0.3, -0.25) is 4.79 Å². The molecule has 0 radical (unpaired) electrons. The third-order valence-corrected chi connectivity index (χ3v) is 5.35. The summed E-state index contributed by atoms with van der Waals surface area (Å²) in [5, 5.41) is 0. The van der Waals surface area contributed by atoms with Crippen LogP contribution < -0.4 is 9.47 Å². The number of esters is 1. The number of ether oxygens (including phenoxy) is 2. The summed E-state index contributed by atoms with van der Waals surface area (Å²) in [6.07, 6.45) is 1.73. The molecule has 0 aliphatic heterocycles. The quantitative estimate of drug-likeness (QED) is 0.403. The summed E-state index contributed by atoms with van der Waals surface area (Å²) in [4.78, 5) is 12.0. The molecule has 0 bridgehead atoms. The van der Waals surface area contributed by atoms with Gasteiger partial charge in [0.15, 0.2) is 0 Å². The van der Waals surface area contributed by atoms with Crippen molar-refractivity contribution in [2.45, 2.75) is 72.3 Å². The molecule has 2 atom stereocenters. The van der Waals surface area contributed by atoms with Crippen LogP contribution in [0.2, 0.25) is 0 Å². The molecule has 2 rings (SSSR count). The molecule has 0 N–H and O–H groups in total. The maximum atomic E-state index is 12.0. The second-order valence-corrected chi connectivity index (χ2v) is 8.68. The first-order valence-electron chi connectivity index (χ1n) is 10.2. The number of benzene rings is 2. The molecule has 152 valence electrons. The molecule has 3 heteroatoms. The first-order chi connectivity index (χ1) is 13.1. The molecule has 0 spiro atoms. The van der Waals surface area contributed by atoms with Crippen LogP contribution in [0.5, 0.6) is 11.5 Å². The van der Waals surface area contributed by atoms with Crippen LogP contribution in [0.4, 0.5) is 0 Å². The molecule has 2 aromatic carbocycles. The zero-order valence-electron chi connectivity index (χ0n) is 18.3. The van der Waals surface area contributed by atoms with E-state index in [1.807, 2.05) is 58.9 Å². The maximum Gasteiger partial charge on any atom is 0.314 e. The van der Waals surface area contributed by atoms with Crippen molar-refractivity contribution < 1.29 is 14.3 Å². The maximum absolute atomic E-state index is 12.0. The van der Waals surface area contributed by atoms with Gasteiger partial charge in [-0.2, -0.15) is 0 Å². The second-order valence-electron chi connectivity index (χ2n) is 8.68. The largest absolute Gasteiger partial charge is 0.488 e. The van der Waals surface area contributed by atoms with E-state index in [4.69, 9.17) is 9.47 Å². The van der Waals surface area contributed by atoms with Gasteiger partial charge in [0.2, 0.25) is 0 Å². The number of carbonyl (C=O) groups excluding carboxylic acids is 1. The monoisotopic (exact) mass is 382 g/mol. The molecule has 2 aromatic rings. The highest BCUT2D eigenvalue weighted by atomic mass is 16.5. The Bertz CT molecular complexity index is 769. The van der Waals surface area contributed by atoms with Crippen molar-refractivity contribution >= 4 is 5.97 Å². The van der Waals surface area contributed by atoms with Crippen LogP contribution in [0, 0.1) is 5.92 Å². The third-order valence-electron chi connectivity index (χ3n) is 5.35. The standard InChI is InChI=1S/C25H34O3/c1-8-18(3)23(26)27-21-14-10-19(11-15-21)25(7,9-2)20-12-16-22(17-13-20)28-24(4,5)6/h10-18H,8-9H2,1-7H3. The van der Waals surface area contributed by atoms with Crippen LogP contribution in [-0.2, 0) is 10.2 Å². The Morgan fingerprint density at radius 3 is 1.71 bits per heavy atom. The van der Waals surface area contributed by atoms with E-state index in [0.717, 1.165) is 18.6 Å². The highest BCUT2D eigenvalue weighted by Gasteiger charge is 2.27. The van der Waals surface area contributed by atoms with Gasteiger partial charge < -0.3 is 9.47 Å². The molecule has 0 aliphatic rings. The highest BCUT2D eigenvalue weighted by molar-refractivity contribution is 5.74. The first kappa shape index (κ1) is 22.0. The van der Waals surface area contributed by atoms with Crippen molar-refractivity contribution in [1.82, 2.24) is 0 Å². The Kier molecular flexibility index (Phi) is 6.92. The van der Waals surface area contributed by atoms with Gasteiger partial charge in [-0.1, -0.05) is 52.0 Å². The summed E-state index contributed by atoms with van der Waals surface area (Å²) >= 11 is 0. The van der Waals surface area contributed by atoms with Gasteiger partial charge in [-0.15, -0.1) is 0 Å². The molecule has 0 saturated carbocycles. The zero-order valence-corrected chi connectivity index (χ0v) is 18.3. The van der Waals surface area contributed by atoms with E-state index < -0.39 is 0 Å². The van der Waals surface area contributed by atoms with Gasteiger partial charge in [-0.25, -0.2) is 0 Å². The van der Waals surface area contributed by atoms with Gasteiger partial charge in [0.25, 0.3) is 0 Å². The van der Waals surface area contributed by atoms with E-state index in [1.165, 1.54) is 11.1 Å². The second kappa shape index (κ2) is 8.81. The summed E-state index contributed by atoms with van der Waals surface area (Å²) < 4.78 is 11.4. The van der Waals surface area contributed by atoms with Gasteiger partial charge >= 0.3 is 5.97 Å². The summed E-state index contributed by atoms with van der Waals surface area (Å²) in [7, 11) is 0. The van der Waals surface area contributed by atoms with E-state index in [1.54, 1.807) is 0 Å². The lowest BCUT2D eigenvalue weighted by molar-refractivity contribution is -0.138. The number of hydrogen-bond acceptors (Lipinski definition) is 3. The average Bonchev–Trinajstić information content (AvgIpc) is 2.66. The van der Waals surface area contributed by atoms with E-state index in [9.17, 15) is 4.79 Å². The molecular weight excluding hydrogens is 348 g/mol. The third kappa shape index (κ3) is 5.37. The minimum absolute atomic E-state index is 0.0885. The molecule has 0 amide bonds. The minimum atomic E-state index is -0.210. The van der Waals surface area contributed by atoms with Crippen LogP contribution in [0.3, 0.4) is 0 Å². The fourth-order valence-electron chi connectivity index (χ4n) is 3.09. The van der Waals surface area contributed by atoms with E-state index in [-0.39, 0.29) is 22.9 Å². The van der Waals surface area contributed by atoms with Crippen LogP contribution in [0.25, 0.3) is 0 Å². The van der Waals surface area contributed by atoms with Crippen molar-refractivity contribution in [1.29, 1.82) is 0 Å². The number of rotatable bonds is 7. The topological polar surface area (TPSA) is 35.5 Å². The Hall–Kier alpha value is -2.29. The minimum Gasteiger partial charge on any atom is -0.488 e. The van der Waals surface area contributed by atoms with Crippen LogP contribution in [-0.4, -0.2) is 11.6 Å². The molecule has 0 aliphatic carbocycles. The van der Waals surface area contributed by atoms with Gasteiger partial charge in [0.1, 0.15) is 17.1 Å². The van der Waals surface area contributed by atoms with E-state index in [0.29, 0.717) is 5.75 Å². The molecule has 2 unspecified atom stereocenters. The predicted molar refractivity (Wildman–Crippen MR) is 115 cm³/mol. The van der Waals surface area contributed by atoms with Crippen LogP contribution in [0.1, 0.15) is 72.4 Å². The van der Waals surface area contributed by atoms with Crippen molar-refractivity contribution in [3.63, 3.8) is 0 Å². The molecular formula is C25H34O3. The molecule has 0 heterocycles. The predicted octanol–water partition coefficient (Wildman–Crippen LogP) is 6.53. The Labute approximate surface area is 170 Å². The van der Waals surface area contributed by atoms with Crippen molar-refractivity contribution in [2.24, 2.45) is 5.92 Å². The normalized spacial score (nSPS) is 14.8. The fraction of sp³-hybridized carbons (Fsp3) is 0.480. The molecule has 3 nitrogen and oxygen atoms in total. The smallest absolute Gasteiger partial charge is 0.314 e. The summed E-state index contributed by atoms with van der Waals surface area (Å²) in [6, 6.07) is 16.3. The lowest BCUT2D eigenvalue weighted by Gasteiger charge is -2.30. The van der Waals surface area contributed by atoms with Gasteiger partial charge in [0, 0.05) is 5.41 Å². The lowest BCUT2D eigenvalue weighted by Crippen LogP contribution is -2.24. The van der Waals surface area contributed by atoms with E-state index in [2.05, 4.69) is 38.1 Å². The SMILES string of the molecule is CCC(C)C(=O)Oc1ccc(C(C)(CC)c2ccc(OC(C)(C)C)cc2)cc1. The Morgan fingerprint density at radius 2 is 1.32 bits per heavy atom. The Morgan fingerprint density at radius 1 is 0.857 bits per heavy atom. The number of hydrogen-bond donors (Lipinski definition) is 0. The van der Waals surface area contributed by atoms with Crippen molar-refractivity contribution in [3.05, 3.63) is 59.7 Å². The zero-order chi connectivity index (χ0) is 20.9. The van der Waals surface area contributed by atoms with Crippen LogP contribution >= 0.6 is 0 Å². The summed E-state index contributed by atoms with van der Waals surface area (Å²) in [6.45, 7) is 14.5. The summed E-state index contributed by atoms with van der Waals surface area (Å²) in [5.41, 5.74) is 2.10. The molecule has 0 fully saturated rings. The average molecular weight is 383 g/mol. The molecule has 0 aromatic heterocycles. The van der Waals surface area contributed by atoms with Crippen molar-refractivity contribution in [2.75, 3.05) is 0 Å². The fourth-order valence-corrected chi connectivity index (χ4v) is 3.09. The van der Waals surface area contributed by atoms with Gasteiger partial charge in [-0.05, 0) is 69.0 Å². The summed E-state index contributed by atoms with van der Waals surface area (Å²) in [5.74, 6) is 1.21. The van der Waals surface area contributed by atoms with Crippen molar-refractivity contribution in [3.8, 4) is 11.5 Å². The Balaban J connectivity index is 2.22. The lowest BCUT2D eigenvalue weighted by atomic mass is 9.74. The number of carbonyl (C=O) groups is 1.